The predicted octanol–water partition coefficient (Wildman–Crippen LogP) is 5.84. The topological polar surface area (TPSA) is 92.4 Å². The van der Waals surface area contributed by atoms with Crippen LogP contribution in [-0.4, -0.2) is 22.7 Å². The van der Waals surface area contributed by atoms with Crippen LogP contribution < -0.4 is 16.0 Å². The van der Waals surface area contributed by atoms with Crippen LogP contribution in [0.2, 0.25) is 0 Å². The zero-order valence-corrected chi connectivity index (χ0v) is 19.4. The maximum Gasteiger partial charge on any atom is 0.412 e. The third kappa shape index (κ3) is 7.96. The van der Waals surface area contributed by atoms with Gasteiger partial charge in [-0.1, -0.05) is 35.9 Å². The van der Waals surface area contributed by atoms with Gasteiger partial charge in [0.05, 0.1) is 11.7 Å². The highest BCUT2D eigenvalue weighted by molar-refractivity contribution is 5.90. The number of aryl methyl sites for hydroxylation is 1. The number of nitrogens with one attached hydrogen (secondary N) is 3. The molecule has 3 aromatic rings. The lowest BCUT2D eigenvalue weighted by Gasteiger charge is -2.20. The molecule has 1 aromatic heterocycles. The quantitative estimate of drug-likeness (QED) is 0.443. The van der Waals surface area contributed by atoms with Gasteiger partial charge in [0.15, 0.2) is 0 Å². The average Bonchev–Trinajstić information content (AvgIpc) is 2.75. The Morgan fingerprint density at radius 2 is 1.55 bits per heavy atom. The number of hydrogen-bond acceptors (Lipinski definition) is 4. The van der Waals surface area contributed by atoms with Crippen LogP contribution in [0.1, 0.15) is 43.6 Å². The SMILES string of the molecule is Cc1ccc(CC(NC(=O)Nc2ccc(NC(=O)OC(C)(C)C)cc2)c2ccccn2)cc1. The van der Waals surface area contributed by atoms with Crippen molar-refractivity contribution in [3.05, 3.63) is 89.7 Å². The molecule has 0 spiro atoms. The third-order valence-corrected chi connectivity index (χ3v) is 4.70. The molecule has 7 heteroatoms. The van der Waals surface area contributed by atoms with Crippen LogP contribution in [0.4, 0.5) is 21.0 Å². The molecular weight excluding hydrogens is 416 g/mol. The Hall–Kier alpha value is -3.87. The molecule has 0 aliphatic carbocycles. The van der Waals surface area contributed by atoms with Crippen LogP contribution in [0.15, 0.2) is 72.9 Å². The van der Waals surface area contributed by atoms with Crippen LogP contribution in [0, 0.1) is 6.92 Å². The molecule has 0 saturated heterocycles. The van der Waals surface area contributed by atoms with Crippen molar-refractivity contribution in [2.75, 3.05) is 10.6 Å². The van der Waals surface area contributed by atoms with Crippen molar-refractivity contribution >= 4 is 23.5 Å². The van der Waals surface area contributed by atoms with Gasteiger partial charge in [-0.05, 0) is 76.1 Å². The van der Waals surface area contributed by atoms with Crippen molar-refractivity contribution in [2.24, 2.45) is 0 Å². The van der Waals surface area contributed by atoms with Crippen LogP contribution in [0.5, 0.6) is 0 Å². The number of nitrogens with zero attached hydrogens (tertiary/aromatic N) is 1. The van der Waals surface area contributed by atoms with Crippen molar-refractivity contribution < 1.29 is 14.3 Å². The number of anilines is 2. The van der Waals surface area contributed by atoms with Gasteiger partial charge in [-0.3, -0.25) is 10.3 Å². The molecule has 3 rings (SSSR count). The molecule has 2 aromatic carbocycles. The highest BCUT2D eigenvalue weighted by Gasteiger charge is 2.18. The van der Waals surface area contributed by atoms with Gasteiger partial charge in [-0.2, -0.15) is 0 Å². The first kappa shape index (κ1) is 23.8. The van der Waals surface area contributed by atoms with E-state index in [1.807, 2.05) is 25.1 Å². The van der Waals surface area contributed by atoms with E-state index in [2.05, 4.69) is 45.2 Å². The molecule has 3 N–H and O–H groups in total. The summed E-state index contributed by atoms with van der Waals surface area (Å²) in [5, 5.41) is 8.52. The number of benzene rings is 2. The summed E-state index contributed by atoms with van der Waals surface area (Å²) < 4.78 is 5.24. The van der Waals surface area contributed by atoms with Gasteiger partial charge in [0.25, 0.3) is 0 Å². The molecule has 1 atom stereocenters. The normalized spacial score (nSPS) is 11.9. The smallest absolute Gasteiger partial charge is 0.412 e. The lowest BCUT2D eigenvalue weighted by molar-refractivity contribution is 0.0636. The van der Waals surface area contributed by atoms with Gasteiger partial charge in [0, 0.05) is 17.6 Å². The number of rotatable bonds is 6. The molecule has 172 valence electrons. The largest absolute Gasteiger partial charge is 0.444 e. The fourth-order valence-electron chi connectivity index (χ4n) is 3.16. The number of pyridine rings is 1. The van der Waals surface area contributed by atoms with E-state index in [9.17, 15) is 9.59 Å². The molecule has 0 aliphatic heterocycles. The van der Waals surface area contributed by atoms with Crippen molar-refractivity contribution in [3.63, 3.8) is 0 Å². The standard InChI is InChI=1S/C26H30N4O3/c1-18-8-10-19(11-9-18)17-23(22-7-5-6-16-27-22)30-24(31)28-20-12-14-21(15-13-20)29-25(32)33-26(2,3)4/h5-16,23H,17H2,1-4H3,(H,29,32)(H2,28,30,31). The van der Waals surface area contributed by atoms with Gasteiger partial charge in [0.1, 0.15) is 5.60 Å². The van der Waals surface area contributed by atoms with Crippen molar-refractivity contribution in [1.29, 1.82) is 0 Å². The zero-order chi connectivity index (χ0) is 23.8. The molecular formula is C26H30N4O3. The fourth-order valence-corrected chi connectivity index (χ4v) is 3.16. The first-order valence-electron chi connectivity index (χ1n) is 10.8. The van der Waals surface area contributed by atoms with E-state index in [-0.39, 0.29) is 12.1 Å². The van der Waals surface area contributed by atoms with Crippen LogP contribution >= 0.6 is 0 Å². The summed E-state index contributed by atoms with van der Waals surface area (Å²) in [7, 11) is 0. The first-order valence-corrected chi connectivity index (χ1v) is 10.8. The monoisotopic (exact) mass is 446 g/mol. The predicted molar refractivity (Wildman–Crippen MR) is 130 cm³/mol. The molecule has 3 amide bonds. The highest BCUT2D eigenvalue weighted by atomic mass is 16.6. The zero-order valence-electron chi connectivity index (χ0n) is 19.4. The van der Waals surface area contributed by atoms with Crippen molar-refractivity contribution in [1.82, 2.24) is 10.3 Å². The van der Waals surface area contributed by atoms with Crippen molar-refractivity contribution in [3.8, 4) is 0 Å². The molecule has 1 unspecified atom stereocenters. The van der Waals surface area contributed by atoms with E-state index in [0.717, 1.165) is 11.3 Å². The number of carbonyl (C=O) groups is 2. The summed E-state index contributed by atoms with van der Waals surface area (Å²) >= 11 is 0. The number of ether oxygens (including phenoxy) is 1. The Kier molecular flexibility index (Phi) is 7.66. The van der Waals surface area contributed by atoms with Crippen LogP contribution in [0.25, 0.3) is 0 Å². The number of carbonyl (C=O) groups excluding carboxylic acids is 2. The van der Waals surface area contributed by atoms with E-state index in [1.165, 1.54) is 5.56 Å². The molecule has 7 nitrogen and oxygen atoms in total. The van der Waals surface area contributed by atoms with Gasteiger partial charge in [-0.25, -0.2) is 9.59 Å². The second-order valence-electron chi connectivity index (χ2n) is 8.80. The Morgan fingerprint density at radius 3 is 2.12 bits per heavy atom. The van der Waals surface area contributed by atoms with Gasteiger partial charge in [-0.15, -0.1) is 0 Å². The molecule has 0 radical (unpaired) electrons. The van der Waals surface area contributed by atoms with E-state index >= 15 is 0 Å². The summed E-state index contributed by atoms with van der Waals surface area (Å²) in [4.78, 5) is 29.0. The van der Waals surface area contributed by atoms with E-state index in [0.29, 0.717) is 17.8 Å². The second-order valence-corrected chi connectivity index (χ2v) is 8.80. The Morgan fingerprint density at radius 1 is 0.909 bits per heavy atom. The average molecular weight is 447 g/mol. The third-order valence-electron chi connectivity index (χ3n) is 4.70. The van der Waals surface area contributed by atoms with Crippen LogP contribution in [-0.2, 0) is 11.2 Å². The maximum absolute atomic E-state index is 12.7. The summed E-state index contributed by atoms with van der Waals surface area (Å²) in [6, 6.07) is 20.1. The van der Waals surface area contributed by atoms with E-state index < -0.39 is 11.7 Å². The molecule has 1 heterocycles. The molecule has 0 saturated carbocycles. The summed E-state index contributed by atoms with van der Waals surface area (Å²) in [5.41, 5.74) is 3.66. The van der Waals surface area contributed by atoms with Crippen LogP contribution in [0.3, 0.4) is 0 Å². The lowest BCUT2D eigenvalue weighted by Crippen LogP contribution is -2.34. The van der Waals surface area contributed by atoms with Gasteiger partial charge in [0.2, 0.25) is 0 Å². The van der Waals surface area contributed by atoms with Gasteiger partial charge < -0.3 is 15.4 Å². The summed E-state index contributed by atoms with van der Waals surface area (Å²) in [5.74, 6) is 0. The molecule has 0 fully saturated rings. The summed E-state index contributed by atoms with van der Waals surface area (Å²) in [6.07, 6.45) is 1.80. The lowest BCUT2D eigenvalue weighted by atomic mass is 10.0. The Balaban J connectivity index is 1.62. The minimum Gasteiger partial charge on any atom is -0.444 e. The van der Waals surface area contributed by atoms with Crippen molar-refractivity contribution in [2.45, 2.75) is 45.8 Å². The minimum absolute atomic E-state index is 0.290. The Labute approximate surface area is 194 Å². The number of aromatic nitrogens is 1. The molecule has 0 aliphatic rings. The summed E-state index contributed by atoms with van der Waals surface area (Å²) in [6.45, 7) is 7.44. The Bertz CT molecular complexity index is 1060. The van der Waals surface area contributed by atoms with E-state index in [4.69, 9.17) is 4.74 Å². The fraction of sp³-hybridized carbons (Fsp3) is 0.269. The van der Waals surface area contributed by atoms with Gasteiger partial charge >= 0.3 is 12.1 Å². The first-order chi connectivity index (χ1) is 15.7. The molecule has 33 heavy (non-hydrogen) atoms. The highest BCUT2D eigenvalue weighted by Crippen LogP contribution is 2.19. The second kappa shape index (κ2) is 10.6. The number of urea groups is 1. The number of amides is 3. The molecule has 0 bridgehead atoms. The number of hydrogen-bond donors (Lipinski definition) is 3. The van der Waals surface area contributed by atoms with E-state index in [1.54, 1.807) is 51.2 Å². The minimum atomic E-state index is -0.577. The maximum atomic E-state index is 12.7.